The number of hydrogen-bond donors (Lipinski definition) is 6. The number of nitrogens with zero attached hydrogens (tertiary/aromatic N) is 4. The molecule has 8 rings (SSSR count). The van der Waals surface area contributed by atoms with Crippen molar-refractivity contribution < 1.29 is 43.8 Å². The first kappa shape index (κ1) is 46.5. The number of benzene rings is 4. The summed E-state index contributed by atoms with van der Waals surface area (Å²) in [7, 11) is 0. The lowest BCUT2D eigenvalue weighted by atomic mass is 10.3. The summed E-state index contributed by atoms with van der Waals surface area (Å²) in [4.78, 5) is 31.4. The number of para-hydroxylation sites is 8. The smallest absolute Gasteiger partial charge is 0.121 e. The third-order valence-electron chi connectivity index (χ3n) is 6.92. The van der Waals surface area contributed by atoms with Gasteiger partial charge in [0.1, 0.15) is 23.3 Å². The Labute approximate surface area is 284 Å². The topological polar surface area (TPSA) is 391 Å². The Morgan fingerprint density at radius 1 is 0.320 bits per heavy atom. The number of nitrogens with one attached hydrogen (secondary N) is 6. The number of aromatic nitrogens is 8. The molecular weight excluding hydrogens is 652 g/mol. The van der Waals surface area contributed by atoms with Gasteiger partial charge in [-0.2, -0.15) is 0 Å². The Hall–Kier alpha value is -5.64. The van der Waals surface area contributed by atoms with E-state index in [9.17, 15) is 0 Å². The summed E-state index contributed by atoms with van der Waals surface area (Å²) >= 11 is 0. The number of imidazole rings is 4. The van der Waals surface area contributed by atoms with E-state index in [0.717, 1.165) is 67.4 Å². The molecule has 4 aromatic heterocycles. The van der Waals surface area contributed by atoms with Crippen molar-refractivity contribution in [3.05, 3.63) is 120 Å². The minimum Gasteiger partial charge on any atom is -0.412 e. The van der Waals surface area contributed by atoms with Crippen molar-refractivity contribution in [2.75, 3.05) is 0 Å². The standard InChI is InChI=1S/2C16H15N5.8H2O/c2*1-2-6-12-11(5-1)18-15(19-12)9-17-10-16-20-13-7-3-4-8-14(13)21-16;;;;;;;;/h2*1-8,17H,9-10H2,(H,18,19)(H,20,21);8*1H2. The van der Waals surface area contributed by atoms with Crippen LogP contribution in [0.25, 0.3) is 44.1 Å². The van der Waals surface area contributed by atoms with E-state index in [4.69, 9.17) is 0 Å². The van der Waals surface area contributed by atoms with Crippen molar-refractivity contribution in [3.63, 3.8) is 0 Å². The van der Waals surface area contributed by atoms with Gasteiger partial charge in [-0.15, -0.1) is 0 Å². The number of fused-ring (bicyclic) bond motifs is 4. The molecular formula is C32H46N10O8. The highest BCUT2D eigenvalue weighted by atomic mass is 16.0. The van der Waals surface area contributed by atoms with E-state index in [1.54, 1.807) is 0 Å². The van der Waals surface area contributed by atoms with Crippen LogP contribution >= 0.6 is 0 Å². The summed E-state index contributed by atoms with van der Waals surface area (Å²) in [6.45, 7) is 2.74. The highest BCUT2D eigenvalue weighted by Gasteiger charge is 2.05. The van der Waals surface area contributed by atoms with Gasteiger partial charge in [0.2, 0.25) is 0 Å². The fraction of sp³-hybridized carbons (Fsp3) is 0.125. The van der Waals surface area contributed by atoms with Crippen LogP contribution in [0.4, 0.5) is 0 Å². The van der Waals surface area contributed by atoms with Gasteiger partial charge in [0.15, 0.2) is 0 Å². The Balaban J connectivity index is 0. The lowest BCUT2D eigenvalue weighted by Crippen LogP contribution is -2.14. The minimum atomic E-state index is 0. The normalized spacial score (nSPS) is 9.60. The van der Waals surface area contributed by atoms with E-state index in [0.29, 0.717) is 26.2 Å². The van der Waals surface area contributed by atoms with Gasteiger partial charge in [-0.05, 0) is 48.5 Å². The van der Waals surface area contributed by atoms with E-state index in [2.05, 4.69) is 50.5 Å². The molecule has 0 atom stereocenters. The van der Waals surface area contributed by atoms with Crippen LogP contribution in [0.3, 0.4) is 0 Å². The number of hydrogen-bond acceptors (Lipinski definition) is 6. The number of H-pyrrole nitrogens is 4. The third-order valence-corrected chi connectivity index (χ3v) is 6.92. The quantitative estimate of drug-likeness (QED) is 0.114. The first-order valence-corrected chi connectivity index (χ1v) is 13.9. The zero-order chi connectivity index (χ0) is 28.1. The van der Waals surface area contributed by atoms with Gasteiger partial charge >= 0.3 is 0 Å². The van der Waals surface area contributed by atoms with Crippen LogP contribution in [0, 0.1) is 0 Å². The molecule has 0 unspecified atom stereocenters. The second-order valence-electron chi connectivity index (χ2n) is 10.0. The van der Waals surface area contributed by atoms with Crippen LogP contribution in [0.2, 0.25) is 0 Å². The van der Waals surface area contributed by atoms with Gasteiger partial charge in [-0.1, -0.05) is 48.5 Å². The molecule has 4 aromatic carbocycles. The van der Waals surface area contributed by atoms with E-state index in [1.807, 2.05) is 97.1 Å². The van der Waals surface area contributed by atoms with Gasteiger partial charge in [-0.25, -0.2) is 19.9 Å². The fourth-order valence-electron chi connectivity index (χ4n) is 4.96. The van der Waals surface area contributed by atoms with Gasteiger partial charge in [0.25, 0.3) is 0 Å². The van der Waals surface area contributed by atoms with E-state index in [1.165, 1.54) is 0 Å². The molecule has 0 amide bonds. The van der Waals surface area contributed by atoms with Crippen molar-refractivity contribution in [2.24, 2.45) is 0 Å². The SMILES string of the molecule is O.O.O.O.O.O.O.O.c1ccc2[nH]c(CNCc3nc4ccccc4[nH]3)nc2c1.c1ccc2[nH]c(CNCc3nc4ccccc4[nH]3)nc2c1. The molecule has 0 radical (unpaired) electrons. The van der Waals surface area contributed by atoms with Crippen LogP contribution in [0.5, 0.6) is 0 Å². The van der Waals surface area contributed by atoms with Gasteiger partial charge < -0.3 is 74.4 Å². The summed E-state index contributed by atoms with van der Waals surface area (Å²) in [6, 6.07) is 32.2. The Morgan fingerprint density at radius 2 is 0.520 bits per heavy atom. The third kappa shape index (κ3) is 10.7. The molecule has 4 heterocycles. The molecule has 18 nitrogen and oxygen atoms in total. The molecule has 0 aliphatic rings. The van der Waals surface area contributed by atoms with Crippen LogP contribution in [0.1, 0.15) is 23.3 Å². The molecule has 0 spiro atoms. The van der Waals surface area contributed by atoms with E-state index < -0.39 is 0 Å². The van der Waals surface area contributed by atoms with Crippen molar-refractivity contribution in [1.29, 1.82) is 0 Å². The maximum absolute atomic E-state index is 4.54. The highest BCUT2D eigenvalue weighted by molar-refractivity contribution is 5.76. The van der Waals surface area contributed by atoms with Crippen LogP contribution in [-0.2, 0) is 26.2 Å². The van der Waals surface area contributed by atoms with Gasteiger partial charge in [0.05, 0.1) is 70.3 Å². The summed E-state index contributed by atoms with van der Waals surface area (Å²) < 4.78 is 0. The maximum atomic E-state index is 4.54. The summed E-state index contributed by atoms with van der Waals surface area (Å²) in [5.41, 5.74) is 8.26. The van der Waals surface area contributed by atoms with Crippen molar-refractivity contribution in [3.8, 4) is 0 Å². The maximum Gasteiger partial charge on any atom is 0.121 e. The van der Waals surface area contributed by atoms with E-state index >= 15 is 0 Å². The molecule has 0 aliphatic carbocycles. The van der Waals surface area contributed by atoms with Crippen molar-refractivity contribution in [1.82, 2.24) is 50.5 Å². The van der Waals surface area contributed by atoms with Crippen molar-refractivity contribution >= 4 is 44.1 Å². The van der Waals surface area contributed by atoms with Gasteiger partial charge in [0, 0.05) is 0 Å². The van der Waals surface area contributed by atoms with Crippen LogP contribution < -0.4 is 10.6 Å². The predicted octanol–water partition coefficient (Wildman–Crippen LogP) is -1.14. The lowest BCUT2D eigenvalue weighted by molar-refractivity contribution is 0.651. The van der Waals surface area contributed by atoms with Gasteiger partial charge in [-0.3, -0.25) is 0 Å². The molecule has 0 saturated heterocycles. The second kappa shape index (κ2) is 21.4. The number of rotatable bonds is 8. The zero-order valence-electron chi connectivity index (χ0n) is 26.9. The predicted molar refractivity (Wildman–Crippen MR) is 194 cm³/mol. The lowest BCUT2D eigenvalue weighted by Gasteiger charge is -1.99. The second-order valence-corrected chi connectivity index (χ2v) is 10.0. The highest BCUT2D eigenvalue weighted by Crippen LogP contribution is 2.13. The first-order valence-electron chi connectivity index (χ1n) is 13.9. The van der Waals surface area contributed by atoms with Crippen LogP contribution in [0.15, 0.2) is 97.1 Å². The average Bonchev–Trinajstić information content (AvgIpc) is 3.80. The molecule has 0 bridgehead atoms. The molecule has 50 heavy (non-hydrogen) atoms. The monoisotopic (exact) mass is 698 g/mol. The summed E-state index contributed by atoms with van der Waals surface area (Å²) in [5, 5.41) is 6.70. The summed E-state index contributed by atoms with van der Waals surface area (Å²) in [6.07, 6.45) is 0. The molecule has 272 valence electrons. The fourth-order valence-corrected chi connectivity index (χ4v) is 4.96. The number of aromatic amines is 4. The molecule has 0 saturated carbocycles. The molecule has 22 N–H and O–H groups in total. The zero-order valence-corrected chi connectivity index (χ0v) is 26.9. The van der Waals surface area contributed by atoms with Crippen LogP contribution in [-0.4, -0.2) is 83.7 Å². The molecule has 0 fully saturated rings. The molecule has 18 heteroatoms. The molecule has 0 aliphatic heterocycles. The largest absolute Gasteiger partial charge is 0.412 e. The summed E-state index contributed by atoms with van der Waals surface area (Å²) in [5.74, 6) is 3.75. The molecule has 8 aromatic rings. The average molecular weight is 699 g/mol. The Bertz CT molecular complexity index is 1680. The Morgan fingerprint density at radius 3 is 0.720 bits per heavy atom. The minimum absolute atomic E-state index is 0. The Kier molecular flexibility index (Phi) is 19.9. The van der Waals surface area contributed by atoms with Crippen molar-refractivity contribution in [2.45, 2.75) is 26.2 Å². The first-order chi connectivity index (χ1) is 20.8. The van der Waals surface area contributed by atoms with E-state index in [-0.39, 0.29) is 43.8 Å².